The summed E-state index contributed by atoms with van der Waals surface area (Å²) in [4.78, 5) is 16.9. The van der Waals surface area contributed by atoms with Crippen molar-refractivity contribution in [3.8, 4) is 6.07 Å². The molecule has 0 fully saturated rings. The summed E-state index contributed by atoms with van der Waals surface area (Å²) in [6, 6.07) is 6.77. The van der Waals surface area contributed by atoms with Crippen LogP contribution in [0.25, 0.3) is 10.2 Å². The quantitative estimate of drug-likeness (QED) is 0.660. The van der Waals surface area contributed by atoms with Gasteiger partial charge >= 0.3 is 0 Å². The number of rotatable bonds is 3. The number of aryl methyl sites for hydroxylation is 1. The maximum atomic E-state index is 12.9. The molecule has 0 aliphatic heterocycles. The number of aromatic nitrogens is 1. The number of hydrogen-bond acceptors (Lipinski definition) is 5. The summed E-state index contributed by atoms with van der Waals surface area (Å²) >= 11 is 13.1. The average molecular weight is 392 g/mol. The van der Waals surface area contributed by atoms with Crippen molar-refractivity contribution in [1.82, 2.24) is 0 Å². The van der Waals surface area contributed by atoms with Crippen LogP contribution in [0.4, 0.5) is 11.5 Å². The number of carbonyl (C=O) groups excluding carboxylic acids is 1. The molecule has 3 rings (SSSR count). The maximum absolute atomic E-state index is 12.9. The van der Waals surface area contributed by atoms with Crippen molar-refractivity contribution < 1.29 is 9.78 Å². The second-order valence-electron chi connectivity index (χ2n) is 5.36. The van der Waals surface area contributed by atoms with Gasteiger partial charge in [0.25, 0.3) is 5.82 Å². The molecule has 8 heteroatoms. The van der Waals surface area contributed by atoms with Crippen LogP contribution in [-0.2, 0) is 6.42 Å². The molecule has 0 atom stereocenters. The van der Waals surface area contributed by atoms with Crippen molar-refractivity contribution in [2.75, 3.05) is 11.5 Å². The van der Waals surface area contributed by atoms with Gasteiger partial charge in [-0.25, -0.2) is 4.98 Å². The van der Waals surface area contributed by atoms with Crippen LogP contribution in [0.5, 0.6) is 0 Å². The van der Waals surface area contributed by atoms with E-state index >= 15 is 0 Å². The molecule has 1 aromatic carbocycles. The minimum atomic E-state index is -0.259. The monoisotopic (exact) mass is 391 g/mol. The zero-order chi connectivity index (χ0) is 18.3. The van der Waals surface area contributed by atoms with Gasteiger partial charge in [0.15, 0.2) is 4.83 Å². The van der Waals surface area contributed by atoms with E-state index in [1.54, 1.807) is 12.1 Å². The Morgan fingerprint density at radius 3 is 2.64 bits per heavy atom. The van der Waals surface area contributed by atoms with Crippen LogP contribution >= 0.6 is 34.5 Å². The highest BCUT2D eigenvalue weighted by Crippen LogP contribution is 2.37. The van der Waals surface area contributed by atoms with Crippen LogP contribution in [0.3, 0.4) is 0 Å². The normalized spacial score (nSPS) is 10.8. The summed E-state index contributed by atoms with van der Waals surface area (Å²) in [6.07, 6.45) is 0.569. The zero-order valence-electron chi connectivity index (χ0n) is 13.1. The van der Waals surface area contributed by atoms with E-state index in [1.165, 1.54) is 17.4 Å². The number of nitrogen functional groups attached to an aromatic ring is 2. The number of nitrogens with zero attached hydrogens (tertiary/aromatic N) is 1. The minimum Gasteiger partial charge on any atom is -0.397 e. The Morgan fingerprint density at radius 1 is 1.32 bits per heavy atom. The Morgan fingerprint density at radius 2 is 2.04 bits per heavy atom. The highest BCUT2D eigenvalue weighted by molar-refractivity contribution is 7.21. The molecular formula is C17H13Cl2N4OS+. The van der Waals surface area contributed by atoms with Gasteiger partial charge in [-0.05, 0) is 30.2 Å². The van der Waals surface area contributed by atoms with E-state index in [-0.39, 0.29) is 11.6 Å². The van der Waals surface area contributed by atoms with Gasteiger partial charge in [-0.1, -0.05) is 41.5 Å². The molecule has 3 aromatic rings. The second-order valence-corrected chi connectivity index (χ2v) is 7.20. The van der Waals surface area contributed by atoms with E-state index in [0.29, 0.717) is 48.4 Å². The van der Waals surface area contributed by atoms with Crippen LogP contribution < -0.4 is 16.5 Å². The van der Waals surface area contributed by atoms with Gasteiger partial charge in [-0.15, -0.1) is 0 Å². The lowest BCUT2D eigenvalue weighted by Crippen LogP contribution is -2.14. The zero-order valence-corrected chi connectivity index (χ0v) is 15.4. The van der Waals surface area contributed by atoms with Gasteiger partial charge in [-0.3, -0.25) is 10.5 Å². The number of hydrogen-bond donors (Lipinski definition) is 2. The Kier molecular flexibility index (Phi) is 4.56. The Bertz CT molecular complexity index is 1070. The SMILES string of the molecule is CCc1c(C#N)c(N)[nH+]c2sc(C(=O)c3ccc(Cl)c(Cl)c3)c(N)c12. The highest BCUT2D eigenvalue weighted by atomic mass is 35.5. The van der Waals surface area contributed by atoms with E-state index in [0.717, 1.165) is 5.56 Å². The molecule has 0 aliphatic carbocycles. The largest absolute Gasteiger partial charge is 0.397 e. The third-order valence-corrected chi connectivity index (χ3v) is 5.78. The first kappa shape index (κ1) is 17.5. The van der Waals surface area contributed by atoms with Crippen LogP contribution in [0.15, 0.2) is 18.2 Å². The number of benzene rings is 1. The molecule has 5 nitrogen and oxygen atoms in total. The summed E-state index contributed by atoms with van der Waals surface area (Å²) in [5.74, 6) is 0.00596. The van der Waals surface area contributed by atoms with E-state index in [4.69, 9.17) is 34.7 Å². The summed E-state index contributed by atoms with van der Waals surface area (Å²) in [6.45, 7) is 1.91. The van der Waals surface area contributed by atoms with Crippen molar-refractivity contribution in [2.45, 2.75) is 13.3 Å². The summed E-state index contributed by atoms with van der Waals surface area (Å²) < 4.78 is 0. The molecule has 0 spiro atoms. The predicted octanol–water partition coefficient (Wildman–Crippen LogP) is 3.85. The number of carbonyl (C=O) groups is 1. The molecule has 2 heterocycles. The van der Waals surface area contributed by atoms with Crippen LogP contribution in [-0.4, -0.2) is 5.78 Å². The van der Waals surface area contributed by atoms with Gasteiger partial charge in [0.05, 0.1) is 21.1 Å². The van der Waals surface area contributed by atoms with Crippen molar-refractivity contribution in [3.63, 3.8) is 0 Å². The molecule has 0 radical (unpaired) electrons. The number of thiophene rings is 1. The van der Waals surface area contributed by atoms with Crippen molar-refractivity contribution in [1.29, 1.82) is 5.26 Å². The molecule has 25 heavy (non-hydrogen) atoms. The average Bonchev–Trinajstić information content (AvgIpc) is 2.91. The fourth-order valence-corrected chi connectivity index (χ4v) is 4.14. The van der Waals surface area contributed by atoms with Gasteiger partial charge in [-0.2, -0.15) is 5.26 Å². The fourth-order valence-electron chi connectivity index (χ4n) is 2.72. The Balaban J connectivity index is 2.24. The van der Waals surface area contributed by atoms with Gasteiger partial charge < -0.3 is 5.73 Å². The molecule has 2 aromatic heterocycles. The van der Waals surface area contributed by atoms with Crippen LogP contribution in [0.2, 0.25) is 10.0 Å². The van der Waals surface area contributed by atoms with Gasteiger partial charge in [0.1, 0.15) is 16.5 Å². The first-order valence-corrected chi connectivity index (χ1v) is 8.91. The topological polar surface area (TPSA) is 107 Å². The van der Waals surface area contributed by atoms with Crippen LogP contribution in [0.1, 0.15) is 33.3 Å². The lowest BCUT2D eigenvalue weighted by molar-refractivity contribution is -0.323. The van der Waals surface area contributed by atoms with Crippen molar-refractivity contribution in [2.24, 2.45) is 0 Å². The maximum Gasteiger partial charge on any atom is 0.289 e. The fraction of sp³-hybridized carbons (Fsp3) is 0.118. The standard InChI is InChI=1S/C17H12Cl2N4OS/c1-2-8-9(6-20)16(22)23-17-12(8)13(21)15(25-17)14(24)7-3-4-10(18)11(19)5-7/h3-5H,2,21H2,1H3,(H2,22,23)/p+1. The van der Waals surface area contributed by atoms with Crippen LogP contribution in [0, 0.1) is 11.3 Å². The number of H-pyrrole nitrogens is 1. The molecule has 0 unspecified atom stereocenters. The third-order valence-electron chi connectivity index (χ3n) is 3.92. The Labute approximate surface area is 157 Å². The Hall–Kier alpha value is -2.33. The number of aromatic amines is 1. The third kappa shape index (κ3) is 2.81. The first-order chi connectivity index (χ1) is 11.9. The number of halogens is 2. The molecule has 0 saturated heterocycles. The predicted molar refractivity (Wildman–Crippen MR) is 101 cm³/mol. The van der Waals surface area contributed by atoms with Crippen molar-refractivity contribution in [3.05, 3.63) is 49.8 Å². The van der Waals surface area contributed by atoms with E-state index in [1.807, 2.05) is 6.92 Å². The molecule has 0 aliphatic rings. The number of nitrogens with two attached hydrogens (primary N) is 2. The van der Waals surface area contributed by atoms with Gasteiger partial charge in [0.2, 0.25) is 5.78 Å². The van der Waals surface area contributed by atoms with Crippen molar-refractivity contribution >= 4 is 62.0 Å². The molecule has 0 amide bonds. The second kappa shape index (κ2) is 6.52. The van der Waals surface area contributed by atoms with E-state index < -0.39 is 0 Å². The number of nitriles is 1. The number of anilines is 2. The number of nitrogens with one attached hydrogen (secondary N) is 1. The summed E-state index contributed by atoms with van der Waals surface area (Å²) in [5.41, 5.74) is 14.0. The van der Waals surface area contributed by atoms with Gasteiger partial charge in [0, 0.05) is 5.56 Å². The number of ketones is 1. The summed E-state index contributed by atoms with van der Waals surface area (Å²) in [7, 11) is 0. The smallest absolute Gasteiger partial charge is 0.289 e. The number of pyridine rings is 1. The lowest BCUT2D eigenvalue weighted by Gasteiger charge is -2.04. The first-order valence-electron chi connectivity index (χ1n) is 7.34. The van der Waals surface area contributed by atoms with E-state index in [2.05, 4.69) is 11.1 Å². The molecular weight excluding hydrogens is 379 g/mol. The molecule has 0 saturated carbocycles. The van der Waals surface area contributed by atoms with E-state index in [9.17, 15) is 10.1 Å². The molecule has 126 valence electrons. The minimum absolute atomic E-state index is 0.259. The molecule has 5 N–H and O–H groups in total. The highest BCUT2D eigenvalue weighted by Gasteiger charge is 2.25. The lowest BCUT2D eigenvalue weighted by atomic mass is 10.0. The number of fused-ring (bicyclic) bond motifs is 1. The summed E-state index contributed by atoms with van der Waals surface area (Å²) in [5, 5.41) is 10.7. The molecule has 0 bridgehead atoms.